The van der Waals surface area contributed by atoms with E-state index in [0.29, 0.717) is 17.9 Å². The Morgan fingerprint density at radius 1 is 1.12 bits per heavy atom. The fraction of sp³-hybridized carbons (Fsp3) is 0.0526. The molecule has 3 aromatic rings. The van der Waals surface area contributed by atoms with Gasteiger partial charge in [0, 0.05) is 23.0 Å². The maximum absolute atomic E-state index is 9.11. The molecule has 3 N–H and O–H groups in total. The molecule has 25 heavy (non-hydrogen) atoms. The highest BCUT2D eigenvalue weighted by atomic mass is 15.1. The molecule has 6 nitrogen and oxygen atoms in total. The summed E-state index contributed by atoms with van der Waals surface area (Å²) >= 11 is 0. The van der Waals surface area contributed by atoms with E-state index in [1.165, 1.54) is 0 Å². The second-order valence-electron chi connectivity index (χ2n) is 5.65. The molecule has 0 saturated carbocycles. The summed E-state index contributed by atoms with van der Waals surface area (Å²) < 4.78 is 0. The van der Waals surface area contributed by atoms with Gasteiger partial charge in [0.25, 0.3) is 0 Å². The molecule has 2 heterocycles. The molecule has 0 saturated heterocycles. The van der Waals surface area contributed by atoms with Crippen LogP contribution in [0.3, 0.4) is 0 Å². The zero-order chi connectivity index (χ0) is 17.2. The highest BCUT2D eigenvalue weighted by Gasteiger charge is 2.18. The van der Waals surface area contributed by atoms with Crippen LogP contribution in [0.25, 0.3) is 0 Å². The van der Waals surface area contributed by atoms with E-state index < -0.39 is 0 Å². The van der Waals surface area contributed by atoms with Crippen molar-refractivity contribution in [1.82, 2.24) is 9.97 Å². The van der Waals surface area contributed by atoms with Crippen LogP contribution in [0.5, 0.6) is 0 Å². The molecule has 2 aromatic carbocycles. The van der Waals surface area contributed by atoms with Gasteiger partial charge in [0.15, 0.2) is 0 Å². The molecule has 120 valence electrons. The molecule has 0 spiro atoms. The van der Waals surface area contributed by atoms with Gasteiger partial charge in [-0.15, -0.1) is 0 Å². The molecular weight excluding hydrogens is 312 g/mol. The SMILES string of the molecule is N#Cc1cccc(C2=NCc3ccc(Nc4ccnc(N)n4)cc32)c1. The van der Waals surface area contributed by atoms with Crippen molar-refractivity contribution in [3.05, 3.63) is 77.0 Å². The smallest absolute Gasteiger partial charge is 0.221 e. The van der Waals surface area contributed by atoms with Crippen molar-refractivity contribution in [1.29, 1.82) is 5.26 Å². The summed E-state index contributed by atoms with van der Waals surface area (Å²) in [4.78, 5) is 12.7. The third-order valence-electron chi connectivity index (χ3n) is 3.98. The second kappa shape index (κ2) is 6.06. The maximum Gasteiger partial charge on any atom is 0.221 e. The number of nitrogens with one attached hydrogen (secondary N) is 1. The van der Waals surface area contributed by atoms with Gasteiger partial charge in [0.1, 0.15) is 5.82 Å². The Morgan fingerprint density at radius 2 is 2.04 bits per heavy atom. The number of fused-ring (bicyclic) bond motifs is 1. The van der Waals surface area contributed by atoms with Crippen LogP contribution in [0.15, 0.2) is 59.7 Å². The number of aromatic nitrogens is 2. The zero-order valence-electron chi connectivity index (χ0n) is 13.3. The number of nitrogens with zero attached hydrogens (tertiary/aromatic N) is 4. The first-order valence-corrected chi connectivity index (χ1v) is 7.77. The zero-order valence-corrected chi connectivity index (χ0v) is 13.3. The van der Waals surface area contributed by atoms with Crippen LogP contribution in [0.4, 0.5) is 17.5 Å². The number of rotatable bonds is 3. The van der Waals surface area contributed by atoms with Gasteiger partial charge >= 0.3 is 0 Å². The molecule has 0 radical (unpaired) electrons. The van der Waals surface area contributed by atoms with Crippen LogP contribution in [0.2, 0.25) is 0 Å². The Labute approximate surface area is 144 Å². The molecule has 1 aliphatic heterocycles. The highest BCUT2D eigenvalue weighted by Crippen LogP contribution is 2.27. The topological polar surface area (TPSA) is 100.0 Å². The standard InChI is InChI=1S/C19H14N6/c20-10-12-2-1-3-13(8-12)18-16-9-15(5-4-14(16)11-23-18)24-17-6-7-22-19(21)25-17/h1-9H,11H2,(H3,21,22,24,25). The van der Waals surface area contributed by atoms with Crippen molar-refractivity contribution < 1.29 is 0 Å². The first-order valence-electron chi connectivity index (χ1n) is 7.77. The van der Waals surface area contributed by atoms with Crippen molar-refractivity contribution >= 4 is 23.2 Å². The van der Waals surface area contributed by atoms with Crippen LogP contribution in [0, 0.1) is 11.3 Å². The van der Waals surface area contributed by atoms with Crippen LogP contribution < -0.4 is 11.1 Å². The number of hydrogen-bond donors (Lipinski definition) is 2. The molecule has 1 aromatic heterocycles. The van der Waals surface area contributed by atoms with Crippen LogP contribution in [-0.2, 0) is 6.54 Å². The molecule has 6 heteroatoms. The van der Waals surface area contributed by atoms with Gasteiger partial charge in [0.2, 0.25) is 5.95 Å². The molecule has 0 bridgehead atoms. The van der Waals surface area contributed by atoms with Crippen molar-refractivity contribution in [3.8, 4) is 6.07 Å². The third kappa shape index (κ3) is 2.91. The minimum atomic E-state index is 0.224. The number of aliphatic imine (C=N–C) groups is 1. The summed E-state index contributed by atoms with van der Waals surface area (Å²) in [5.41, 5.74) is 11.2. The van der Waals surface area contributed by atoms with Gasteiger partial charge in [-0.1, -0.05) is 18.2 Å². The Balaban J connectivity index is 1.68. The lowest BCUT2D eigenvalue weighted by Gasteiger charge is -2.09. The minimum Gasteiger partial charge on any atom is -0.368 e. The molecule has 0 amide bonds. The molecular formula is C19H14N6. The Kier molecular flexibility index (Phi) is 3.60. The monoisotopic (exact) mass is 326 g/mol. The number of benzene rings is 2. The Bertz CT molecular complexity index is 1030. The fourth-order valence-electron chi connectivity index (χ4n) is 2.84. The van der Waals surface area contributed by atoms with Crippen LogP contribution >= 0.6 is 0 Å². The van der Waals surface area contributed by atoms with Crippen LogP contribution in [-0.4, -0.2) is 15.7 Å². The van der Waals surface area contributed by atoms with E-state index in [1.807, 2.05) is 36.4 Å². The molecule has 0 unspecified atom stereocenters. The lowest BCUT2D eigenvalue weighted by Crippen LogP contribution is -2.03. The van der Waals surface area contributed by atoms with E-state index >= 15 is 0 Å². The van der Waals surface area contributed by atoms with Gasteiger partial charge in [-0.3, -0.25) is 4.99 Å². The third-order valence-corrected chi connectivity index (χ3v) is 3.98. The van der Waals surface area contributed by atoms with Crippen molar-refractivity contribution in [3.63, 3.8) is 0 Å². The maximum atomic E-state index is 9.11. The average molecular weight is 326 g/mol. The van der Waals surface area contributed by atoms with Gasteiger partial charge in [-0.2, -0.15) is 10.2 Å². The lowest BCUT2D eigenvalue weighted by atomic mass is 9.98. The highest BCUT2D eigenvalue weighted by molar-refractivity contribution is 6.15. The molecule has 0 atom stereocenters. The molecule has 1 aliphatic rings. The van der Waals surface area contributed by atoms with E-state index in [0.717, 1.165) is 28.1 Å². The number of nitriles is 1. The molecule has 0 aliphatic carbocycles. The number of nitrogen functional groups attached to an aromatic ring is 1. The van der Waals surface area contributed by atoms with Crippen molar-refractivity contribution in [2.45, 2.75) is 6.54 Å². The molecule has 4 rings (SSSR count). The average Bonchev–Trinajstić information content (AvgIpc) is 3.05. The Morgan fingerprint density at radius 3 is 2.88 bits per heavy atom. The summed E-state index contributed by atoms with van der Waals surface area (Å²) in [5, 5.41) is 12.3. The summed E-state index contributed by atoms with van der Waals surface area (Å²) in [6, 6.07) is 17.5. The number of anilines is 3. The first-order chi connectivity index (χ1) is 12.2. The summed E-state index contributed by atoms with van der Waals surface area (Å²) in [7, 11) is 0. The lowest BCUT2D eigenvalue weighted by molar-refractivity contribution is 1.11. The minimum absolute atomic E-state index is 0.224. The molecule has 0 fully saturated rings. The van der Waals surface area contributed by atoms with Gasteiger partial charge in [-0.05, 0) is 35.9 Å². The predicted octanol–water partition coefficient (Wildman–Crippen LogP) is 3.03. The normalized spacial score (nSPS) is 12.2. The number of hydrogen-bond acceptors (Lipinski definition) is 6. The van der Waals surface area contributed by atoms with Gasteiger partial charge in [-0.25, -0.2) is 4.98 Å². The van der Waals surface area contributed by atoms with E-state index in [9.17, 15) is 0 Å². The van der Waals surface area contributed by atoms with Crippen LogP contribution in [0.1, 0.15) is 22.3 Å². The summed E-state index contributed by atoms with van der Waals surface area (Å²) in [6.45, 7) is 0.641. The fourth-order valence-corrected chi connectivity index (χ4v) is 2.84. The van der Waals surface area contributed by atoms with Crippen molar-refractivity contribution in [2.75, 3.05) is 11.1 Å². The first kappa shape index (κ1) is 14.8. The quantitative estimate of drug-likeness (QED) is 0.770. The second-order valence-corrected chi connectivity index (χ2v) is 5.65. The predicted molar refractivity (Wildman–Crippen MR) is 96.7 cm³/mol. The Hall–Kier alpha value is -3.72. The summed E-state index contributed by atoms with van der Waals surface area (Å²) in [6.07, 6.45) is 1.61. The van der Waals surface area contributed by atoms with Gasteiger partial charge in [0.05, 0.1) is 23.9 Å². The number of nitrogens with two attached hydrogens (primary N) is 1. The van der Waals surface area contributed by atoms with E-state index in [2.05, 4.69) is 26.3 Å². The van der Waals surface area contributed by atoms with Crippen molar-refractivity contribution in [2.24, 2.45) is 4.99 Å². The summed E-state index contributed by atoms with van der Waals surface area (Å²) in [5.74, 6) is 0.858. The van der Waals surface area contributed by atoms with E-state index in [1.54, 1.807) is 18.3 Å². The largest absolute Gasteiger partial charge is 0.368 e. The van der Waals surface area contributed by atoms with E-state index in [4.69, 9.17) is 11.0 Å². The van der Waals surface area contributed by atoms with Gasteiger partial charge < -0.3 is 11.1 Å². The van der Waals surface area contributed by atoms with E-state index in [-0.39, 0.29) is 5.95 Å².